The maximum Gasteiger partial charge on any atom is 0.263 e. The Hall–Kier alpha value is -3.44. The molecule has 0 aliphatic rings. The summed E-state index contributed by atoms with van der Waals surface area (Å²) in [6.07, 6.45) is -0.877. The molecule has 3 aromatic carbocycles. The quantitative estimate of drug-likeness (QED) is 0.364. The number of nitrogens with one attached hydrogen (secondary N) is 2. The van der Waals surface area contributed by atoms with Gasteiger partial charge in [0.05, 0.1) is 4.88 Å². The maximum absolute atomic E-state index is 13.0. The van der Waals surface area contributed by atoms with Crippen LogP contribution < -0.4 is 10.6 Å². The molecule has 4 nitrogen and oxygen atoms in total. The molecule has 4 rings (SSSR count). The van der Waals surface area contributed by atoms with Crippen molar-refractivity contribution in [2.24, 2.45) is 0 Å². The van der Waals surface area contributed by atoms with Crippen molar-refractivity contribution in [3.05, 3.63) is 101 Å². The van der Waals surface area contributed by atoms with Gasteiger partial charge in [0.25, 0.3) is 5.91 Å². The number of amides is 1. The van der Waals surface area contributed by atoms with E-state index < -0.39 is 6.17 Å². The van der Waals surface area contributed by atoms with Gasteiger partial charge in [0.2, 0.25) is 5.78 Å². The molecule has 4 aromatic rings. The van der Waals surface area contributed by atoms with Gasteiger partial charge in [-0.3, -0.25) is 9.59 Å². The monoisotopic (exact) mass is 386 g/mol. The van der Waals surface area contributed by atoms with Gasteiger partial charge in [0.15, 0.2) is 6.17 Å². The lowest BCUT2D eigenvalue weighted by Gasteiger charge is -2.20. The fourth-order valence-corrected chi connectivity index (χ4v) is 3.62. The fraction of sp³-hybridized carbons (Fsp3) is 0.0435. The summed E-state index contributed by atoms with van der Waals surface area (Å²) in [5, 5.41) is 10.0. The molecule has 0 saturated heterocycles. The molecule has 0 fully saturated rings. The van der Waals surface area contributed by atoms with Gasteiger partial charge in [-0.1, -0.05) is 66.7 Å². The van der Waals surface area contributed by atoms with Crippen molar-refractivity contribution in [1.29, 1.82) is 0 Å². The van der Waals surface area contributed by atoms with Crippen molar-refractivity contribution < 1.29 is 9.59 Å². The van der Waals surface area contributed by atoms with Crippen LogP contribution in [-0.4, -0.2) is 17.9 Å². The Kier molecular flexibility index (Phi) is 5.17. The summed E-state index contributed by atoms with van der Waals surface area (Å²) in [5.74, 6) is -0.476. The zero-order valence-electron chi connectivity index (χ0n) is 15.0. The van der Waals surface area contributed by atoms with Gasteiger partial charge in [-0.15, -0.1) is 11.3 Å². The Morgan fingerprint density at radius 1 is 0.786 bits per heavy atom. The van der Waals surface area contributed by atoms with Crippen LogP contribution in [0.2, 0.25) is 0 Å². The molecule has 2 N–H and O–H groups in total. The Balaban J connectivity index is 1.63. The average molecular weight is 386 g/mol. The van der Waals surface area contributed by atoms with Gasteiger partial charge in [-0.2, -0.15) is 0 Å². The number of ketones is 1. The molecule has 0 aliphatic carbocycles. The van der Waals surface area contributed by atoms with Crippen LogP contribution in [-0.2, 0) is 0 Å². The predicted octanol–water partition coefficient (Wildman–Crippen LogP) is 4.95. The van der Waals surface area contributed by atoms with Crippen molar-refractivity contribution in [3.8, 4) is 0 Å². The number of Topliss-reactive ketones (excluding diaryl/α,β-unsaturated/α-hetero) is 1. The minimum Gasteiger partial charge on any atom is -0.359 e. The first kappa shape index (κ1) is 17.9. The van der Waals surface area contributed by atoms with Crippen molar-refractivity contribution in [1.82, 2.24) is 5.32 Å². The number of rotatable bonds is 6. The summed E-state index contributed by atoms with van der Waals surface area (Å²) in [4.78, 5) is 26.2. The highest BCUT2D eigenvalue weighted by Crippen LogP contribution is 2.20. The average Bonchev–Trinajstić information content (AvgIpc) is 3.28. The molecule has 1 unspecified atom stereocenters. The summed E-state index contributed by atoms with van der Waals surface area (Å²) in [7, 11) is 0. The number of benzene rings is 3. The van der Waals surface area contributed by atoms with Crippen LogP contribution in [0.4, 0.5) is 5.69 Å². The summed E-state index contributed by atoms with van der Waals surface area (Å²) >= 11 is 1.34. The molecule has 138 valence electrons. The van der Waals surface area contributed by atoms with Gasteiger partial charge in [-0.05, 0) is 34.4 Å². The third-order valence-corrected chi connectivity index (χ3v) is 5.27. The Labute approximate surface area is 166 Å². The van der Waals surface area contributed by atoms with E-state index >= 15 is 0 Å². The van der Waals surface area contributed by atoms with E-state index in [4.69, 9.17) is 0 Å². The van der Waals surface area contributed by atoms with Gasteiger partial charge in [-0.25, -0.2) is 0 Å². The smallest absolute Gasteiger partial charge is 0.263 e. The lowest BCUT2D eigenvalue weighted by molar-refractivity contribution is 0.0872. The first-order valence-corrected chi connectivity index (χ1v) is 9.78. The molecule has 1 heterocycles. The summed E-state index contributed by atoms with van der Waals surface area (Å²) in [6.45, 7) is 0. The van der Waals surface area contributed by atoms with Crippen molar-refractivity contribution in [3.63, 3.8) is 0 Å². The number of carbonyl (C=O) groups excluding carboxylic acids is 2. The molecule has 5 heteroatoms. The summed E-state index contributed by atoms with van der Waals surface area (Å²) < 4.78 is 0. The molecule has 1 aromatic heterocycles. The van der Waals surface area contributed by atoms with Crippen LogP contribution >= 0.6 is 11.3 Å². The third kappa shape index (κ3) is 3.94. The van der Waals surface area contributed by atoms with Crippen LogP contribution in [0.1, 0.15) is 20.0 Å². The maximum atomic E-state index is 13.0. The highest BCUT2D eigenvalue weighted by molar-refractivity contribution is 7.12. The number of hydrogen-bond acceptors (Lipinski definition) is 4. The zero-order chi connectivity index (χ0) is 19.3. The van der Waals surface area contributed by atoms with E-state index in [2.05, 4.69) is 10.6 Å². The predicted molar refractivity (Wildman–Crippen MR) is 114 cm³/mol. The fourth-order valence-electron chi connectivity index (χ4n) is 2.99. The summed E-state index contributed by atoms with van der Waals surface area (Å²) in [5.41, 5.74) is 1.30. The molecular formula is C23H18N2O2S. The largest absolute Gasteiger partial charge is 0.359 e. The third-order valence-electron chi connectivity index (χ3n) is 4.40. The number of carbonyl (C=O) groups is 2. The molecular weight excluding hydrogens is 368 g/mol. The molecule has 28 heavy (non-hydrogen) atoms. The van der Waals surface area contributed by atoms with Gasteiger partial charge >= 0.3 is 0 Å². The van der Waals surface area contributed by atoms with Gasteiger partial charge < -0.3 is 10.6 Å². The molecule has 0 spiro atoms. The van der Waals surface area contributed by atoms with Crippen molar-refractivity contribution in [2.45, 2.75) is 6.17 Å². The number of anilines is 1. The van der Waals surface area contributed by atoms with E-state index in [0.29, 0.717) is 10.4 Å². The molecule has 0 bridgehead atoms. The molecule has 1 amide bonds. The second-order valence-corrected chi connectivity index (χ2v) is 7.27. The highest BCUT2D eigenvalue weighted by Gasteiger charge is 2.23. The van der Waals surface area contributed by atoms with E-state index in [0.717, 1.165) is 16.5 Å². The van der Waals surface area contributed by atoms with E-state index in [1.165, 1.54) is 11.3 Å². The Bertz CT molecular complexity index is 1110. The molecule has 1 atom stereocenters. The summed E-state index contributed by atoms with van der Waals surface area (Å²) in [6, 6.07) is 26.4. The molecule has 0 aliphatic heterocycles. The number of fused-ring (bicyclic) bond motifs is 1. The van der Waals surface area contributed by atoms with Crippen molar-refractivity contribution in [2.75, 3.05) is 5.32 Å². The van der Waals surface area contributed by atoms with Crippen LogP contribution in [0.25, 0.3) is 10.8 Å². The minimum atomic E-state index is -0.877. The highest BCUT2D eigenvalue weighted by atomic mass is 32.1. The lowest BCUT2D eigenvalue weighted by atomic mass is 10.1. The normalized spacial score (nSPS) is 11.7. The Morgan fingerprint density at radius 2 is 1.54 bits per heavy atom. The Morgan fingerprint density at radius 3 is 2.29 bits per heavy atom. The topological polar surface area (TPSA) is 58.2 Å². The SMILES string of the molecule is O=C(NC(Nc1ccc2ccccc2c1)C(=O)c1ccccc1)c1cccs1. The molecule has 0 radical (unpaired) electrons. The van der Waals surface area contributed by atoms with Crippen molar-refractivity contribution >= 4 is 39.5 Å². The first-order valence-electron chi connectivity index (χ1n) is 8.90. The number of thiophene rings is 1. The second kappa shape index (κ2) is 8.06. The van der Waals surface area contributed by atoms with E-state index in [-0.39, 0.29) is 11.7 Å². The van der Waals surface area contributed by atoms with E-state index in [1.54, 1.807) is 30.3 Å². The van der Waals surface area contributed by atoms with Crippen LogP contribution in [0, 0.1) is 0 Å². The standard InChI is InChI=1S/C23H18N2O2S/c26-21(17-8-2-1-3-9-17)22(25-23(27)20-11-6-14-28-20)24-19-13-12-16-7-4-5-10-18(16)15-19/h1-15,22,24H,(H,25,27). The minimum absolute atomic E-state index is 0.196. The van der Waals surface area contributed by atoms with Gasteiger partial charge in [0.1, 0.15) is 0 Å². The van der Waals surface area contributed by atoms with Crippen LogP contribution in [0.5, 0.6) is 0 Å². The first-order chi connectivity index (χ1) is 13.7. The van der Waals surface area contributed by atoms with Gasteiger partial charge in [0, 0.05) is 11.3 Å². The lowest BCUT2D eigenvalue weighted by Crippen LogP contribution is -2.46. The second-order valence-electron chi connectivity index (χ2n) is 6.32. The van der Waals surface area contributed by atoms with Crippen LogP contribution in [0.15, 0.2) is 90.3 Å². The molecule has 0 saturated carbocycles. The van der Waals surface area contributed by atoms with Crippen LogP contribution in [0.3, 0.4) is 0 Å². The zero-order valence-corrected chi connectivity index (χ0v) is 15.8. The van der Waals surface area contributed by atoms with E-state index in [9.17, 15) is 9.59 Å². The van der Waals surface area contributed by atoms with E-state index in [1.807, 2.05) is 60.0 Å². The number of hydrogen-bond donors (Lipinski definition) is 2.